The van der Waals surface area contributed by atoms with Gasteiger partial charge in [-0.15, -0.1) is 0 Å². The normalized spacial score (nSPS) is 11.3. The Morgan fingerprint density at radius 2 is 2.05 bits per heavy atom. The standard InChI is InChI=1S/C14H18N4O2S/c1-10-4-3-7-17-14(10)9-18-13-6-5-11(8-12(13)15)21(19,20)16-2/h3-8,16,18H,9,15H2,1-2H3. The third kappa shape index (κ3) is 3.50. The lowest BCUT2D eigenvalue weighted by Crippen LogP contribution is -2.18. The van der Waals surface area contributed by atoms with Gasteiger partial charge in [0.05, 0.1) is 28.5 Å². The molecule has 1 heterocycles. The van der Waals surface area contributed by atoms with Crippen LogP contribution < -0.4 is 15.8 Å². The molecule has 0 atom stereocenters. The van der Waals surface area contributed by atoms with Crippen LogP contribution >= 0.6 is 0 Å². The van der Waals surface area contributed by atoms with Crippen LogP contribution in [-0.4, -0.2) is 20.4 Å². The van der Waals surface area contributed by atoms with Crippen molar-refractivity contribution in [3.8, 4) is 0 Å². The predicted molar refractivity (Wildman–Crippen MR) is 83.4 cm³/mol. The first-order valence-corrected chi connectivity index (χ1v) is 7.90. The number of aryl methyl sites for hydroxylation is 1. The summed E-state index contributed by atoms with van der Waals surface area (Å²) >= 11 is 0. The zero-order valence-electron chi connectivity index (χ0n) is 11.9. The van der Waals surface area contributed by atoms with E-state index in [0.717, 1.165) is 11.3 Å². The lowest BCUT2D eigenvalue weighted by Gasteiger charge is -2.12. The van der Waals surface area contributed by atoms with Crippen LogP contribution in [0.25, 0.3) is 0 Å². The van der Waals surface area contributed by atoms with Crippen LogP contribution in [0.5, 0.6) is 0 Å². The monoisotopic (exact) mass is 306 g/mol. The number of nitrogens with one attached hydrogen (secondary N) is 2. The second-order valence-electron chi connectivity index (χ2n) is 4.58. The van der Waals surface area contributed by atoms with E-state index in [1.807, 2.05) is 19.1 Å². The van der Waals surface area contributed by atoms with Crippen molar-refractivity contribution in [1.29, 1.82) is 0 Å². The molecule has 0 bridgehead atoms. The van der Waals surface area contributed by atoms with Crippen molar-refractivity contribution in [3.63, 3.8) is 0 Å². The van der Waals surface area contributed by atoms with Crippen molar-refractivity contribution in [3.05, 3.63) is 47.8 Å². The molecule has 6 nitrogen and oxygen atoms in total. The predicted octanol–water partition coefficient (Wildman–Crippen LogP) is 1.49. The maximum Gasteiger partial charge on any atom is 0.240 e. The van der Waals surface area contributed by atoms with Gasteiger partial charge < -0.3 is 11.1 Å². The number of nitrogen functional groups attached to an aromatic ring is 1. The van der Waals surface area contributed by atoms with E-state index < -0.39 is 10.0 Å². The number of nitrogens with two attached hydrogens (primary N) is 1. The number of sulfonamides is 1. The van der Waals surface area contributed by atoms with E-state index in [-0.39, 0.29) is 4.90 Å². The molecule has 0 unspecified atom stereocenters. The van der Waals surface area contributed by atoms with Crippen LogP contribution in [-0.2, 0) is 16.6 Å². The van der Waals surface area contributed by atoms with Gasteiger partial charge in [-0.2, -0.15) is 0 Å². The lowest BCUT2D eigenvalue weighted by atomic mass is 10.2. The SMILES string of the molecule is CNS(=O)(=O)c1ccc(NCc2ncccc2C)c(N)c1. The molecular weight excluding hydrogens is 288 g/mol. The van der Waals surface area contributed by atoms with Crippen LogP contribution in [0.1, 0.15) is 11.3 Å². The largest absolute Gasteiger partial charge is 0.397 e. The summed E-state index contributed by atoms with van der Waals surface area (Å²) in [5.74, 6) is 0. The summed E-state index contributed by atoms with van der Waals surface area (Å²) in [7, 11) is -2.12. The molecule has 0 fully saturated rings. The van der Waals surface area contributed by atoms with Crippen molar-refractivity contribution in [2.45, 2.75) is 18.4 Å². The van der Waals surface area contributed by atoms with Gasteiger partial charge in [-0.1, -0.05) is 6.07 Å². The zero-order chi connectivity index (χ0) is 15.5. The van der Waals surface area contributed by atoms with Gasteiger partial charge in [0.15, 0.2) is 0 Å². The van der Waals surface area contributed by atoms with Crippen LogP contribution in [0.4, 0.5) is 11.4 Å². The Labute approximate surface area is 124 Å². The minimum atomic E-state index is -3.48. The molecule has 0 radical (unpaired) electrons. The molecule has 0 aliphatic rings. The first kappa shape index (κ1) is 15.3. The fourth-order valence-corrected chi connectivity index (χ4v) is 2.63. The van der Waals surface area contributed by atoms with Crippen molar-refractivity contribution < 1.29 is 8.42 Å². The Bertz CT molecular complexity index is 744. The zero-order valence-corrected chi connectivity index (χ0v) is 12.7. The van der Waals surface area contributed by atoms with E-state index in [2.05, 4.69) is 15.0 Å². The van der Waals surface area contributed by atoms with Crippen molar-refractivity contribution in [2.75, 3.05) is 18.1 Å². The minimum Gasteiger partial charge on any atom is -0.397 e. The fourth-order valence-electron chi connectivity index (χ4n) is 1.87. The molecule has 4 N–H and O–H groups in total. The smallest absolute Gasteiger partial charge is 0.240 e. The van der Waals surface area contributed by atoms with E-state index in [4.69, 9.17) is 5.73 Å². The highest BCUT2D eigenvalue weighted by molar-refractivity contribution is 7.89. The molecule has 1 aromatic heterocycles. The maximum absolute atomic E-state index is 11.7. The number of pyridine rings is 1. The number of hydrogen-bond acceptors (Lipinski definition) is 5. The molecule has 7 heteroatoms. The molecule has 2 aromatic rings. The molecule has 0 amide bonds. The van der Waals surface area contributed by atoms with Crippen LogP contribution in [0.15, 0.2) is 41.4 Å². The molecule has 0 aliphatic carbocycles. The molecule has 0 saturated heterocycles. The number of benzene rings is 1. The molecule has 112 valence electrons. The summed E-state index contributed by atoms with van der Waals surface area (Å²) < 4.78 is 25.6. The van der Waals surface area contributed by atoms with Crippen molar-refractivity contribution in [1.82, 2.24) is 9.71 Å². The first-order chi connectivity index (χ1) is 9.94. The molecular formula is C14H18N4O2S. The van der Waals surface area contributed by atoms with Gasteiger partial charge >= 0.3 is 0 Å². The van der Waals surface area contributed by atoms with Gasteiger partial charge in [-0.25, -0.2) is 13.1 Å². The Kier molecular flexibility index (Phi) is 4.44. The number of hydrogen-bond donors (Lipinski definition) is 3. The number of anilines is 2. The third-order valence-corrected chi connectivity index (χ3v) is 4.58. The first-order valence-electron chi connectivity index (χ1n) is 6.41. The Hall–Kier alpha value is -2.12. The summed E-state index contributed by atoms with van der Waals surface area (Å²) in [6.45, 7) is 2.50. The van der Waals surface area contributed by atoms with Crippen LogP contribution in [0, 0.1) is 6.92 Å². The molecule has 0 spiro atoms. The summed E-state index contributed by atoms with van der Waals surface area (Å²) in [5.41, 5.74) is 8.95. The highest BCUT2D eigenvalue weighted by Crippen LogP contribution is 2.23. The Balaban J connectivity index is 2.17. The van der Waals surface area contributed by atoms with Gasteiger partial charge in [0.25, 0.3) is 0 Å². The van der Waals surface area contributed by atoms with E-state index in [1.54, 1.807) is 12.3 Å². The molecule has 0 saturated carbocycles. The van der Waals surface area contributed by atoms with E-state index in [0.29, 0.717) is 17.9 Å². The topological polar surface area (TPSA) is 97.1 Å². The second-order valence-corrected chi connectivity index (χ2v) is 6.46. The van der Waals surface area contributed by atoms with Gasteiger partial charge in [-0.3, -0.25) is 4.98 Å². The molecule has 1 aromatic carbocycles. The third-order valence-electron chi connectivity index (χ3n) is 3.17. The lowest BCUT2D eigenvalue weighted by molar-refractivity contribution is 0.588. The highest BCUT2D eigenvalue weighted by atomic mass is 32.2. The van der Waals surface area contributed by atoms with E-state index in [9.17, 15) is 8.42 Å². The van der Waals surface area contributed by atoms with Crippen LogP contribution in [0.3, 0.4) is 0 Å². The average Bonchev–Trinajstić information content (AvgIpc) is 2.47. The van der Waals surface area contributed by atoms with E-state index >= 15 is 0 Å². The number of aromatic nitrogens is 1. The highest BCUT2D eigenvalue weighted by Gasteiger charge is 2.12. The summed E-state index contributed by atoms with van der Waals surface area (Å²) in [4.78, 5) is 4.42. The molecule has 0 aliphatic heterocycles. The van der Waals surface area contributed by atoms with Gasteiger partial charge in [0.2, 0.25) is 10.0 Å². The maximum atomic E-state index is 11.7. The quantitative estimate of drug-likeness (QED) is 0.727. The van der Waals surface area contributed by atoms with Gasteiger partial charge in [0, 0.05) is 6.20 Å². The number of nitrogens with zero attached hydrogens (tertiary/aromatic N) is 1. The van der Waals surface area contributed by atoms with Crippen molar-refractivity contribution >= 4 is 21.4 Å². The molecule has 2 rings (SSSR count). The minimum absolute atomic E-state index is 0.141. The van der Waals surface area contributed by atoms with Gasteiger partial charge in [0.1, 0.15) is 0 Å². The number of rotatable bonds is 5. The second kappa shape index (κ2) is 6.11. The average molecular weight is 306 g/mol. The van der Waals surface area contributed by atoms with Gasteiger partial charge in [-0.05, 0) is 43.8 Å². The summed E-state index contributed by atoms with van der Waals surface area (Å²) in [6.07, 6.45) is 1.73. The Morgan fingerprint density at radius 3 is 2.67 bits per heavy atom. The summed E-state index contributed by atoms with van der Waals surface area (Å²) in [6, 6.07) is 8.45. The fraction of sp³-hybridized carbons (Fsp3) is 0.214. The molecule has 21 heavy (non-hydrogen) atoms. The summed E-state index contributed by atoms with van der Waals surface area (Å²) in [5, 5.41) is 3.16. The van der Waals surface area contributed by atoms with E-state index in [1.165, 1.54) is 19.2 Å². The Morgan fingerprint density at radius 1 is 1.29 bits per heavy atom. The van der Waals surface area contributed by atoms with Crippen molar-refractivity contribution in [2.24, 2.45) is 0 Å². The van der Waals surface area contributed by atoms with Crippen LogP contribution in [0.2, 0.25) is 0 Å².